The molecule has 1 fully saturated rings. The Morgan fingerprint density at radius 1 is 1.33 bits per heavy atom. The van der Waals surface area contributed by atoms with E-state index >= 15 is 0 Å². The summed E-state index contributed by atoms with van der Waals surface area (Å²) in [6.07, 6.45) is 3.62. The normalized spacial score (nSPS) is 20.1. The Labute approximate surface area is 145 Å². The van der Waals surface area contributed by atoms with Crippen molar-refractivity contribution in [3.05, 3.63) is 0 Å². The van der Waals surface area contributed by atoms with Gasteiger partial charge in [0.1, 0.15) is 0 Å². The summed E-state index contributed by atoms with van der Waals surface area (Å²) >= 11 is 0. The fourth-order valence-corrected chi connectivity index (χ4v) is 2.87. The van der Waals surface area contributed by atoms with Gasteiger partial charge in [0.05, 0.1) is 6.26 Å². The van der Waals surface area contributed by atoms with Gasteiger partial charge in [-0.25, -0.2) is 13.1 Å². The maximum atomic E-state index is 10.9. The van der Waals surface area contributed by atoms with Gasteiger partial charge in [0.15, 0.2) is 5.96 Å². The largest absolute Gasteiger partial charge is 0.355 e. The number of likely N-dealkylation sites (N-methyl/N-ethyl adjacent to an activating group) is 1. The summed E-state index contributed by atoms with van der Waals surface area (Å²) in [6, 6.07) is 0.563. The monoisotopic (exact) mass is 433 g/mol. The number of nitrogens with zero attached hydrogens (tertiary/aromatic N) is 2. The Bertz CT molecular complexity index is 416. The second kappa shape index (κ2) is 10.6. The van der Waals surface area contributed by atoms with Crippen LogP contribution in [0.5, 0.6) is 0 Å². The van der Waals surface area contributed by atoms with E-state index in [0.717, 1.165) is 19.3 Å². The molecule has 0 aromatic heterocycles. The van der Waals surface area contributed by atoms with Crippen LogP contribution in [0.1, 0.15) is 19.8 Å². The predicted octanol–water partition coefficient (Wildman–Crippen LogP) is -0.197. The molecule has 1 heterocycles. The lowest BCUT2D eigenvalue weighted by Gasteiger charge is -2.23. The van der Waals surface area contributed by atoms with Crippen LogP contribution in [0.2, 0.25) is 0 Å². The van der Waals surface area contributed by atoms with Gasteiger partial charge in [0.2, 0.25) is 10.0 Å². The zero-order valence-electron chi connectivity index (χ0n) is 13.1. The van der Waals surface area contributed by atoms with Gasteiger partial charge in [0.25, 0.3) is 0 Å². The van der Waals surface area contributed by atoms with Gasteiger partial charge in [0, 0.05) is 32.7 Å². The Morgan fingerprint density at radius 3 is 2.62 bits per heavy atom. The van der Waals surface area contributed by atoms with Crippen LogP contribution >= 0.6 is 24.0 Å². The van der Waals surface area contributed by atoms with Gasteiger partial charge >= 0.3 is 0 Å². The van der Waals surface area contributed by atoms with Crippen LogP contribution in [0.25, 0.3) is 0 Å². The molecule has 3 N–H and O–H groups in total. The number of guanidine groups is 1. The molecule has 1 aliphatic rings. The van der Waals surface area contributed by atoms with E-state index in [1.54, 1.807) is 7.05 Å². The molecular formula is C12H28IN5O2S. The topological polar surface area (TPSA) is 85.8 Å². The average molecular weight is 433 g/mol. The van der Waals surface area contributed by atoms with E-state index in [4.69, 9.17) is 0 Å². The molecule has 0 bridgehead atoms. The van der Waals surface area contributed by atoms with E-state index in [9.17, 15) is 8.42 Å². The third-order valence-corrected chi connectivity index (χ3v) is 4.14. The maximum Gasteiger partial charge on any atom is 0.208 e. The van der Waals surface area contributed by atoms with E-state index in [-0.39, 0.29) is 24.0 Å². The minimum Gasteiger partial charge on any atom is -0.355 e. The first kappa shape index (κ1) is 20.9. The predicted molar refractivity (Wildman–Crippen MR) is 97.9 cm³/mol. The van der Waals surface area contributed by atoms with Crippen molar-refractivity contribution in [2.75, 3.05) is 46.0 Å². The first-order valence-electron chi connectivity index (χ1n) is 7.09. The molecule has 0 radical (unpaired) electrons. The average Bonchev–Trinajstić information content (AvgIpc) is 2.84. The van der Waals surface area contributed by atoms with Gasteiger partial charge < -0.3 is 10.6 Å². The molecule has 0 aromatic rings. The van der Waals surface area contributed by atoms with Crippen molar-refractivity contribution < 1.29 is 8.42 Å². The van der Waals surface area contributed by atoms with Crippen LogP contribution in [-0.2, 0) is 10.0 Å². The van der Waals surface area contributed by atoms with Crippen LogP contribution < -0.4 is 15.4 Å². The Kier molecular flexibility index (Phi) is 10.5. The van der Waals surface area contributed by atoms with Crippen LogP contribution in [0.15, 0.2) is 4.99 Å². The molecule has 1 atom stereocenters. The molecule has 0 aromatic carbocycles. The van der Waals surface area contributed by atoms with E-state index in [1.807, 2.05) is 0 Å². The van der Waals surface area contributed by atoms with Gasteiger partial charge in [-0.05, 0) is 25.9 Å². The highest BCUT2D eigenvalue weighted by Gasteiger charge is 2.22. The minimum absolute atomic E-state index is 0. The zero-order chi connectivity index (χ0) is 15.0. The number of likely N-dealkylation sites (tertiary alicyclic amines) is 1. The van der Waals surface area contributed by atoms with E-state index in [0.29, 0.717) is 25.1 Å². The number of sulfonamides is 1. The Balaban J connectivity index is 0.00000400. The highest BCUT2D eigenvalue weighted by Crippen LogP contribution is 2.15. The molecule has 21 heavy (non-hydrogen) atoms. The first-order valence-corrected chi connectivity index (χ1v) is 8.98. The number of aliphatic imine (C=N–C) groups is 1. The molecule has 126 valence electrons. The molecule has 0 amide bonds. The third-order valence-electron chi connectivity index (χ3n) is 3.42. The van der Waals surface area contributed by atoms with Crippen LogP contribution in [0.3, 0.4) is 0 Å². The van der Waals surface area contributed by atoms with Crippen molar-refractivity contribution in [1.29, 1.82) is 0 Å². The summed E-state index contributed by atoms with van der Waals surface area (Å²) in [5.74, 6) is 0.711. The SMILES string of the molecule is CCN1CCCC1CNC(=NC)NCCNS(C)(=O)=O.I. The highest BCUT2D eigenvalue weighted by atomic mass is 127. The Morgan fingerprint density at radius 2 is 2.05 bits per heavy atom. The molecule has 9 heteroatoms. The molecule has 0 aliphatic carbocycles. The smallest absolute Gasteiger partial charge is 0.208 e. The summed E-state index contributed by atoms with van der Waals surface area (Å²) in [7, 11) is -1.41. The lowest BCUT2D eigenvalue weighted by Crippen LogP contribution is -2.46. The number of hydrogen-bond donors (Lipinski definition) is 3. The van der Waals surface area contributed by atoms with Crippen LogP contribution in [-0.4, -0.2) is 71.3 Å². The van der Waals surface area contributed by atoms with Crippen molar-refractivity contribution in [2.45, 2.75) is 25.8 Å². The molecule has 0 spiro atoms. The maximum absolute atomic E-state index is 10.9. The second-order valence-electron chi connectivity index (χ2n) is 4.97. The third kappa shape index (κ3) is 8.79. The summed E-state index contributed by atoms with van der Waals surface area (Å²) in [6.45, 7) is 6.16. The number of rotatable bonds is 7. The lowest BCUT2D eigenvalue weighted by atomic mass is 10.2. The van der Waals surface area contributed by atoms with E-state index in [1.165, 1.54) is 19.4 Å². The van der Waals surface area contributed by atoms with E-state index < -0.39 is 10.0 Å². The lowest BCUT2D eigenvalue weighted by molar-refractivity contribution is 0.267. The first-order chi connectivity index (χ1) is 9.46. The van der Waals surface area contributed by atoms with Crippen molar-refractivity contribution >= 4 is 40.0 Å². The molecule has 0 saturated carbocycles. The summed E-state index contributed by atoms with van der Waals surface area (Å²) in [4.78, 5) is 6.60. The number of hydrogen-bond acceptors (Lipinski definition) is 4. The van der Waals surface area contributed by atoms with Crippen molar-refractivity contribution in [3.63, 3.8) is 0 Å². The standard InChI is InChI=1S/C12H27N5O2S.HI/c1-4-17-9-5-6-11(17)10-15-12(13-2)14-7-8-16-20(3,18)19;/h11,16H,4-10H2,1-3H3,(H2,13,14,15);1H. The fraction of sp³-hybridized carbons (Fsp3) is 0.917. The molecule has 1 rings (SSSR count). The van der Waals surface area contributed by atoms with Gasteiger partial charge in [-0.15, -0.1) is 24.0 Å². The van der Waals surface area contributed by atoms with Gasteiger partial charge in [-0.1, -0.05) is 6.92 Å². The summed E-state index contributed by atoms with van der Waals surface area (Å²) in [5.41, 5.74) is 0. The fourth-order valence-electron chi connectivity index (χ4n) is 2.40. The Hall–Kier alpha value is -0.130. The molecule has 1 saturated heterocycles. The zero-order valence-corrected chi connectivity index (χ0v) is 16.2. The second-order valence-corrected chi connectivity index (χ2v) is 6.80. The number of halogens is 1. The molecule has 7 nitrogen and oxygen atoms in total. The van der Waals surface area contributed by atoms with Crippen LogP contribution in [0.4, 0.5) is 0 Å². The van der Waals surface area contributed by atoms with Crippen molar-refractivity contribution in [1.82, 2.24) is 20.3 Å². The van der Waals surface area contributed by atoms with E-state index in [2.05, 4.69) is 32.2 Å². The minimum atomic E-state index is -3.12. The summed E-state index contributed by atoms with van der Waals surface area (Å²) in [5, 5.41) is 6.39. The summed E-state index contributed by atoms with van der Waals surface area (Å²) < 4.78 is 24.3. The van der Waals surface area contributed by atoms with Crippen molar-refractivity contribution in [2.24, 2.45) is 4.99 Å². The quantitative estimate of drug-likeness (QED) is 0.224. The van der Waals surface area contributed by atoms with Crippen LogP contribution in [0, 0.1) is 0 Å². The van der Waals surface area contributed by atoms with Crippen molar-refractivity contribution in [3.8, 4) is 0 Å². The molecule has 1 unspecified atom stereocenters. The van der Waals surface area contributed by atoms with Gasteiger partial charge in [-0.2, -0.15) is 0 Å². The van der Waals surface area contributed by atoms with Gasteiger partial charge in [-0.3, -0.25) is 9.89 Å². The highest BCUT2D eigenvalue weighted by molar-refractivity contribution is 14.0. The molecular weight excluding hydrogens is 405 g/mol. The number of nitrogens with one attached hydrogen (secondary N) is 3. The molecule has 1 aliphatic heterocycles.